The van der Waals surface area contributed by atoms with Crippen molar-refractivity contribution in [2.75, 3.05) is 31.7 Å². The van der Waals surface area contributed by atoms with Crippen LogP contribution in [-0.4, -0.2) is 43.9 Å². The summed E-state index contributed by atoms with van der Waals surface area (Å²) in [5, 5.41) is 0. The molecule has 5 nitrogen and oxygen atoms in total. The number of methoxy groups -OCH3 is 1. The van der Waals surface area contributed by atoms with Gasteiger partial charge >= 0.3 is 5.97 Å². The Morgan fingerprint density at radius 1 is 1.48 bits per heavy atom. The first kappa shape index (κ1) is 15.6. The van der Waals surface area contributed by atoms with E-state index in [1.807, 2.05) is 0 Å². The molecule has 2 N–H and O–H groups in total. The molecule has 1 heterocycles. The lowest BCUT2D eigenvalue weighted by atomic mass is 10.1. The van der Waals surface area contributed by atoms with Crippen molar-refractivity contribution in [2.24, 2.45) is 5.73 Å². The van der Waals surface area contributed by atoms with E-state index >= 15 is 0 Å². The molecular formula is C13H14F2N2O3S. The van der Waals surface area contributed by atoms with E-state index in [1.54, 1.807) is 0 Å². The number of ether oxygens (including phenoxy) is 2. The molecular weight excluding hydrogens is 302 g/mol. The van der Waals surface area contributed by atoms with E-state index in [1.165, 1.54) is 24.1 Å². The minimum atomic E-state index is -1.10. The molecule has 0 aliphatic carbocycles. The van der Waals surface area contributed by atoms with Gasteiger partial charge in [-0.2, -0.15) is 0 Å². The highest BCUT2D eigenvalue weighted by Gasteiger charge is 2.29. The molecule has 1 aromatic carbocycles. The number of thiocarbonyl (C=S) groups is 1. The third kappa shape index (κ3) is 3.11. The van der Waals surface area contributed by atoms with Crippen LogP contribution in [0.5, 0.6) is 0 Å². The van der Waals surface area contributed by atoms with Crippen LogP contribution in [0.15, 0.2) is 12.1 Å². The van der Waals surface area contributed by atoms with Gasteiger partial charge in [-0.25, -0.2) is 13.6 Å². The highest BCUT2D eigenvalue weighted by molar-refractivity contribution is 7.80. The van der Waals surface area contributed by atoms with Crippen molar-refractivity contribution in [1.29, 1.82) is 0 Å². The van der Waals surface area contributed by atoms with Gasteiger partial charge in [0.25, 0.3) is 0 Å². The zero-order chi connectivity index (χ0) is 15.6. The number of esters is 1. The topological polar surface area (TPSA) is 64.8 Å². The average Bonchev–Trinajstić information content (AvgIpc) is 2.48. The Bertz CT molecular complexity index is 583. The Morgan fingerprint density at radius 2 is 2.19 bits per heavy atom. The van der Waals surface area contributed by atoms with Crippen molar-refractivity contribution in [3.63, 3.8) is 0 Å². The number of morpholine rings is 1. The number of carbonyl (C=O) groups is 1. The van der Waals surface area contributed by atoms with Crippen molar-refractivity contribution in [1.82, 2.24) is 0 Å². The van der Waals surface area contributed by atoms with Gasteiger partial charge in [0.1, 0.15) is 4.99 Å². The fraction of sp³-hybridized carbons (Fsp3) is 0.385. The van der Waals surface area contributed by atoms with E-state index in [0.29, 0.717) is 6.54 Å². The first-order chi connectivity index (χ1) is 9.95. The molecule has 0 aromatic heterocycles. The molecule has 1 aliphatic rings. The molecule has 0 amide bonds. The highest BCUT2D eigenvalue weighted by atomic mass is 32.1. The molecule has 0 bridgehead atoms. The first-order valence-electron chi connectivity index (χ1n) is 6.18. The van der Waals surface area contributed by atoms with Crippen LogP contribution in [0.1, 0.15) is 5.56 Å². The lowest BCUT2D eigenvalue weighted by Gasteiger charge is -2.33. The van der Waals surface area contributed by atoms with Crippen LogP contribution >= 0.6 is 12.2 Å². The summed E-state index contributed by atoms with van der Waals surface area (Å²) in [7, 11) is 1.24. The Labute approximate surface area is 125 Å². The van der Waals surface area contributed by atoms with Crippen LogP contribution in [0.3, 0.4) is 0 Å². The van der Waals surface area contributed by atoms with E-state index < -0.39 is 23.7 Å². The predicted octanol–water partition coefficient (Wildman–Crippen LogP) is 0.977. The Balaban J connectivity index is 2.28. The smallest absolute Gasteiger partial charge is 0.336 e. The summed E-state index contributed by atoms with van der Waals surface area (Å²) in [6.45, 7) is 0.615. The summed E-state index contributed by atoms with van der Waals surface area (Å²) in [5.41, 5.74) is 5.20. The van der Waals surface area contributed by atoms with Crippen LogP contribution in [0.4, 0.5) is 14.5 Å². The van der Waals surface area contributed by atoms with Gasteiger partial charge < -0.3 is 20.1 Å². The Morgan fingerprint density at radius 3 is 2.81 bits per heavy atom. The standard InChI is InChI=1S/C13H14F2N2O3S/c1-19-13(18)9-6-17(4-5-20-9)8-3-2-7(12(16)21)10(14)11(8)15/h2-3,9H,4-6H2,1H3,(H2,16,21). The van der Waals surface area contributed by atoms with E-state index in [2.05, 4.69) is 17.0 Å². The zero-order valence-electron chi connectivity index (χ0n) is 11.3. The normalized spacial score (nSPS) is 18.4. The molecule has 0 saturated carbocycles. The number of nitrogens with zero attached hydrogens (tertiary/aromatic N) is 1. The second-order valence-corrected chi connectivity index (χ2v) is 4.89. The van der Waals surface area contributed by atoms with Gasteiger partial charge in [-0.05, 0) is 12.1 Å². The molecule has 1 saturated heterocycles. The van der Waals surface area contributed by atoms with E-state index in [0.717, 1.165) is 0 Å². The maximum atomic E-state index is 14.1. The van der Waals surface area contributed by atoms with Crippen molar-refractivity contribution in [3.8, 4) is 0 Å². The van der Waals surface area contributed by atoms with E-state index in [4.69, 9.17) is 10.5 Å². The maximum absolute atomic E-state index is 14.1. The van der Waals surface area contributed by atoms with Gasteiger partial charge in [-0.1, -0.05) is 12.2 Å². The van der Waals surface area contributed by atoms with Crippen LogP contribution < -0.4 is 10.6 Å². The minimum absolute atomic E-state index is 0.0321. The molecule has 1 unspecified atom stereocenters. The van der Waals surface area contributed by atoms with Gasteiger partial charge in [-0.15, -0.1) is 0 Å². The Kier molecular flexibility index (Phi) is 4.69. The monoisotopic (exact) mass is 316 g/mol. The van der Waals surface area contributed by atoms with Gasteiger partial charge in [0.15, 0.2) is 17.7 Å². The van der Waals surface area contributed by atoms with Crippen LogP contribution in [0.2, 0.25) is 0 Å². The number of halogens is 2. The molecule has 1 fully saturated rings. The van der Waals surface area contributed by atoms with Crippen molar-refractivity contribution in [2.45, 2.75) is 6.10 Å². The third-order valence-corrected chi connectivity index (χ3v) is 3.42. The maximum Gasteiger partial charge on any atom is 0.336 e. The van der Waals surface area contributed by atoms with Crippen LogP contribution in [0, 0.1) is 11.6 Å². The number of hydrogen-bond acceptors (Lipinski definition) is 5. The molecule has 1 atom stereocenters. The van der Waals surface area contributed by atoms with Gasteiger partial charge in [-0.3, -0.25) is 0 Å². The number of nitrogens with two attached hydrogens (primary N) is 1. The lowest BCUT2D eigenvalue weighted by Crippen LogP contribution is -2.47. The zero-order valence-corrected chi connectivity index (χ0v) is 12.1. The van der Waals surface area contributed by atoms with Crippen LogP contribution in [-0.2, 0) is 14.3 Å². The summed E-state index contributed by atoms with van der Waals surface area (Å²) in [5.74, 6) is -2.70. The average molecular weight is 316 g/mol. The number of anilines is 1. The molecule has 0 spiro atoms. The molecule has 21 heavy (non-hydrogen) atoms. The second kappa shape index (κ2) is 6.31. The SMILES string of the molecule is COC(=O)C1CN(c2ccc(C(N)=S)c(F)c2F)CCO1. The third-order valence-electron chi connectivity index (χ3n) is 3.20. The predicted molar refractivity (Wildman–Crippen MR) is 76.2 cm³/mol. The summed E-state index contributed by atoms with van der Waals surface area (Å²) in [4.78, 5) is 12.8. The first-order valence-corrected chi connectivity index (χ1v) is 6.58. The Hall–Kier alpha value is -1.80. The van der Waals surface area contributed by atoms with E-state index in [9.17, 15) is 13.6 Å². The fourth-order valence-electron chi connectivity index (χ4n) is 2.12. The number of hydrogen-bond donors (Lipinski definition) is 1. The number of carbonyl (C=O) groups excluding carboxylic acids is 1. The summed E-state index contributed by atoms with van der Waals surface area (Å²) in [6, 6.07) is 2.70. The molecule has 2 rings (SSSR count). The second-order valence-electron chi connectivity index (χ2n) is 4.45. The molecule has 114 valence electrons. The van der Waals surface area contributed by atoms with Crippen molar-refractivity contribution in [3.05, 3.63) is 29.3 Å². The van der Waals surface area contributed by atoms with Crippen molar-refractivity contribution < 1.29 is 23.0 Å². The van der Waals surface area contributed by atoms with Gasteiger partial charge in [0.05, 0.1) is 25.9 Å². The fourth-order valence-corrected chi connectivity index (χ4v) is 2.27. The van der Waals surface area contributed by atoms with Crippen LogP contribution in [0.25, 0.3) is 0 Å². The highest BCUT2D eigenvalue weighted by Crippen LogP contribution is 2.26. The minimum Gasteiger partial charge on any atom is -0.467 e. The molecule has 0 radical (unpaired) electrons. The van der Waals surface area contributed by atoms with E-state index in [-0.39, 0.29) is 29.4 Å². The summed E-state index contributed by atoms with van der Waals surface area (Å²) < 4.78 is 37.9. The number of rotatable bonds is 3. The summed E-state index contributed by atoms with van der Waals surface area (Å²) in [6.07, 6.45) is -0.832. The lowest BCUT2D eigenvalue weighted by molar-refractivity contribution is -0.154. The molecule has 1 aromatic rings. The quantitative estimate of drug-likeness (QED) is 0.662. The number of benzene rings is 1. The van der Waals surface area contributed by atoms with Gasteiger partial charge in [0.2, 0.25) is 0 Å². The summed E-state index contributed by atoms with van der Waals surface area (Å²) >= 11 is 4.65. The largest absolute Gasteiger partial charge is 0.467 e. The molecule has 8 heteroatoms. The van der Waals surface area contributed by atoms with Crippen molar-refractivity contribution >= 4 is 28.9 Å². The molecule has 1 aliphatic heterocycles. The van der Waals surface area contributed by atoms with Gasteiger partial charge in [0, 0.05) is 12.1 Å².